The topological polar surface area (TPSA) is 52.6 Å². The summed E-state index contributed by atoms with van der Waals surface area (Å²) >= 11 is 0. The van der Waals surface area contributed by atoms with Crippen LogP contribution in [-0.2, 0) is 4.79 Å². The van der Waals surface area contributed by atoms with E-state index in [1.165, 1.54) is 0 Å². The van der Waals surface area contributed by atoms with Crippen molar-refractivity contribution in [1.82, 2.24) is 4.90 Å². The summed E-state index contributed by atoms with van der Waals surface area (Å²) in [6.45, 7) is 2.27. The highest BCUT2D eigenvalue weighted by atomic mass is 16.3. The highest BCUT2D eigenvalue weighted by molar-refractivity contribution is 5.88. The second-order valence-corrected chi connectivity index (χ2v) is 6.33. The Balaban J connectivity index is 1.52. The van der Waals surface area contributed by atoms with E-state index < -0.39 is 0 Å². The highest BCUT2D eigenvalue weighted by Gasteiger charge is 2.45. The zero-order valence-electron chi connectivity index (χ0n) is 11.5. The maximum Gasteiger partial charge on any atom is 0.232 e. The number of fused-ring (bicyclic) bond motifs is 2. The number of amides is 1. The van der Waals surface area contributed by atoms with Crippen molar-refractivity contribution in [2.45, 2.75) is 24.9 Å². The highest BCUT2D eigenvalue weighted by Crippen LogP contribution is 2.40. The standard InChI is InChI=1S/C16H20N2O2/c19-15-6-5-10-8-18(9-13(10)15)16(20)12-7-17-14-4-2-1-3-11(12)14/h1-4,10,12-13,15,17,19H,5-9H2. The third-order valence-corrected chi connectivity index (χ3v) is 5.26. The third-order valence-electron chi connectivity index (χ3n) is 5.26. The van der Waals surface area contributed by atoms with E-state index >= 15 is 0 Å². The van der Waals surface area contributed by atoms with E-state index in [4.69, 9.17) is 0 Å². The van der Waals surface area contributed by atoms with Crippen LogP contribution in [0, 0.1) is 11.8 Å². The van der Waals surface area contributed by atoms with E-state index in [9.17, 15) is 9.90 Å². The number of nitrogens with zero attached hydrogens (tertiary/aromatic N) is 1. The molecule has 4 unspecified atom stereocenters. The quantitative estimate of drug-likeness (QED) is 0.813. The average Bonchev–Trinajstić information content (AvgIpc) is 3.14. The first-order chi connectivity index (χ1) is 9.74. The Bertz CT molecular complexity index is 545. The zero-order chi connectivity index (χ0) is 13.7. The predicted molar refractivity (Wildman–Crippen MR) is 76.5 cm³/mol. The lowest BCUT2D eigenvalue weighted by atomic mass is 9.99. The molecule has 2 N–H and O–H groups in total. The lowest BCUT2D eigenvalue weighted by molar-refractivity contribution is -0.131. The molecule has 0 spiro atoms. The number of rotatable bonds is 1. The molecule has 1 amide bonds. The molecule has 1 saturated carbocycles. The molecule has 0 radical (unpaired) electrons. The molecule has 1 saturated heterocycles. The van der Waals surface area contributed by atoms with Gasteiger partial charge in [-0.25, -0.2) is 0 Å². The van der Waals surface area contributed by atoms with Crippen LogP contribution in [0.25, 0.3) is 0 Å². The molecule has 20 heavy (non-hydrogen) atoms. The predicted octanol–water partition coefficient (Wildman–Crippen LogP) is 1.42. The number of para-hydroxylation sites is 1. The van der Waals surface area contributed by atoms with Crippen molar-refractivity contribution in [3.8, 4) is 0 Å². The fourth-order valence-electron chi connectivity index (χ4n) is 4.14. The van der Waals surface area contributed by atoms with Gasteiger partial charge in [-0.3, -0.25) is 4.79 Å². The van der Waals surface area contributed by atoms with Gasteiger partial charge in [-0.1, -0.05) is 18.2 Å². The van der Waals surface area contributed by atoms with E-state index in [0.29, 0.717) is 18.4 Å². The fourth-order valence-corrected chi connectivity index (χ4v) is 4.14. The van der Waals surface area contributed by atoms with Crippen LogP contribution in [0.5, 0.6) is 0 Å². The van der Waals surface area contributed by atoms with E-state index in [-0.39, 0.29) is 17.9 Å². The lowest BCUT2D eigenvalue weighted by Crippen LogP contribution is -2.35. The maximum atomic E-state index is 12.8. The molecule has 4 nitrogen and oxygen atoms in total. The molecule has 0 aromatic heterocycles. The largest absolute Gasteiger partial charge is 0.393 e. The molecule has 4 rings (SSSR count). The van der Waals surface area contributed by atoms with Gasteiger partial charge in [0.25, 0.3) is 0 Å². The molecule has 0 bridgehead atoms. The van der Waals surface area contributed by atoms with Gasteiger partial charge in [-0.05, 0) is 30.4 Å². The van der Waals surface area contributed by atoms with Crippen molar-refractivity contribution in [2.24, 2.45) is 11.8 Å². The van der Waals surface area contributed by atoms with Crippen molar-refractivity contribution in [1.29, 1.82) is 0 Å². The first-order valence-electron chi connectivity index (χ1n) is 7.53. The molecule has 4 atom stereocenters. The Morgan fingerprint density at radius 2 is 2.10 bits per heavy atom. The maximum absolute atomic E-state index is 12.8. The Kier molecular flexibility index (Phi) is 2.74. The molecule has 2 heterocycles. The monoisotopic (exact) mass is 272 g/mol. The van der Waals surface area contributed by atoms with E-state index in [1.807, 2.05) is 29.2 Å². The van der Waals surface area contributed by atoms with Gasteiger partial charge in [0.2, 0.25) is 5.91 Å². The average molecular weight is 272 g/mol. The summed E-state index contributed by atoms with van der Waals surface area (Å²) in [5.41, 5.74) is 2.21. The number of aliphatic hydroxyl groups is 1. The van der Waals surface area contributed by atoms with Gasteiger partial charge < -0.3 is 15.3 Å². The summed E-state index contributed by atoms with van der Waals surface area (Å²) in [5.74, 6) is 0.994. The Morgan fingerprint density at radius 1 is 1.25 bits per heavy atom. The van der Waals surface area contributed by atoms with Gasteiger partial charge in [0.05, 0.1) is 12.0 Å². The summed E-state index contributed by atoms with van der Waals surface area (Å²) < 4.78 is 0. The number of benzene rings is 1. The molecule has 1 aromatic carbocycles. The molecule has 4 heteroatoms. The molecule has 2 aliphatic heterocycles. The van der Waals surface area contributed by atoms with E-state index in [1.54, 1.807) is 0 Å². The SMILES string of the molecule is O=C(C1CNc2ccccc21)N1CC2CCC(O)C2C1. The summed E-state index contributed by atoms with van der Waals surface area (Å²) in [4.78, 5) is 14.7. The second-order valence-electron chi connectivity index (χ2n) is 6.33. The van der Waals surface area contributed by atoms with Crippen molar-refractivity contribution < 1.29 is 9.90 Å². The Morgan fingerprint density at radius 3 is 2.95 bits per heavy atom. The lowest BCUT2D eigenvalue weighted by Gasteiger charge is -2.22. The molecule has 3 aliphatic rings. The van der Waals surface area contributed by atoms with Gasteiger partial charge in [-0.2, -0.15) is 0 Å². The van der Waals surface area contributed by atoms with Crippen LogP contribution in [0.2, 0.25) is 0 Å². The summed E-state index contributed by atoms with van der Waals surface area (Å²) in [6, 6.07) is 8.07. The van der Waals surface area contributed by atoms with Crippen LogP contribution in [0.4, 0.5) is 5.69 Å². The number of carbonyl (C=O) groups is 1. The van der Waals surface area contributed by atoms with Crippen LogP contribution in [0.3, 0.4) is 0 Å². The Labute approximate surface area is 118 Å². The van der Waals surface area contributed by atoms with Crippen LogP contribution in [0.15, 0.2) is 24.3 Å². The number of hydrogen-bond donors (Lipinski definition) is 2. The summed E-state index contributed by atoms with van der Waals surface area (Å²) in [6.07, 6.45) is 1.77. The van der Waals surface area contributed by atoms with Gasteiger partial charge in [0.1, 0.15) is 0 Å². The van der Waals surface area contributed by atoms with Crippen LogP contribution in [0.1, 0.15) is 24.3 Å². The van der Waals surface area contributed by atoms with E-state index in [2.05, 4.69) is 5.32 Å². The van der Waals surface area contributed by atoms with Gasteiger partial charge in [-0.15, -0.1) is 0 Å². The minimum atomic E-state index is -0.202. The number of nitrogens with one attached hydrogen (secondary N) is 1. The minimum Gasteiger partial charge on any atom is -0.393 e. The third kappa shape index (κ3) is 1.74. The normalized spacial score (nSPS) is 34.8. The minimum absolute atomic E-state index is 0.0535. The summed E-state index contributed by atoms with van der Waals surface area (Å²) in [5, 5.41) is 13.3. The van der Waals surface area contributed by atoms with Gasteiger partial charge >= 0.3 is 0 Å². The molecule has 106 valence electrons. The molecule has 2 fully saturated rings. The Hall–Kier alpha value is -1.55. The molecule has 1 aromatic rings. The number of anilines is 1. The van der Waals surface area contributed by atoms with Crippen LogP contribution in [-0.4, -0.2) is 41.7 Å². The molecule has 1 aliphatic carbocycles. The van der Waals surface area contributed by atoms with Gasteiger partial charge in [0.15, 0.2) is 0 Å². The fraction of sp³-hybridized carbons (Fsp3) is 0.562. The number of hydrogen-bond acceptors (Lipinski definition) is 3. The second kappa shape index (κ2) is 4.48. The number of carbonyl (C=O) groups excluding carboxylic acids is 1. The smallest absolute Gasteiger partial charge is 0.232 e. The molecular weight excluding hydrogens is 252 g/mol. The first kappa shape index (κ1) is 12.2. The van der Waals surface area contributed by atoms with Crippen molar-refractivity contribution in [3.05, 3.63) is 29.8 Å². The summed E-state index contributed by atoms with van der Waals surface area (Å²) in [7, 11) is 0. The number of likely N-dealkylation sites (tertiary alicyclic amines) is 1. The van der Waals surface area contributed by atoms with Crippen molar-refractivity contribution >= 4 is 11.6 Å². The zero-order valence-corrected chi connectivity index (χ0v) is 11.5. The van der Waals surface area contributed by atoms with Crippen molar-refractivity contribution in [3.63, 3.8) is 0 Å². The first-order valence-corrected chi connectivity index (χ1v) is 7.53. The molecular formula is C16H20N2O2. The van der Waals surface area contributed by atoms with Gasteiger partial charge in [0, 0.05) is 31.2 Å². The van der Waals surface area contributed by atoms with Crippen LogP contribution < -0.4 is 5.32 Å². The van der Waals surface area contributed by atoms with E-state index in [0.717, 1.165) is 37.2 Å². The number of aliphatic hydroxyl groups excluding tert-OH is 1. The van der Waals surface area contributed by atoms with Crippen molar-refractivity contribution in [2.75, 3.05) is 25.0 Å². The van der Waals surface area contributed by atoms with Crippen LogP contribution >= 0.6 is 0 Å².